The molecule has 0 bridgehead atoms. The molecular weight excluding hydrogens is 454 g/mol. The highest BCUT2D eigenvalue weighted by Crippen LogP contribution is 2.35. The van der Waals surface area contributed by atoms with E-state index in [9.17, 15) is 22.4 Å². The number of aromatic nitrogens is 1. The molecule has 1 aliphatic heterocycles. The lowest BCUT2D eigenvalue weighted by atomic mass is 10.0. The molecule has 0 unspecified atom stereocenters. The standard InChI is InChI=1S/C20H20ClF4N5O2/c1-10-5-12(20(23,24)25)7-17(27-10)30-9-11(18(26)28-32)6-16(30)19(31)29(2)13-3-4-15(22)14(21)8-13/h3-5,7-8,11,16,32H,6,9H2,1-2H3,(H2,26,28)/t11-,16-/m0/s1. The Morgan fingerprint density at radius 3 is 2.62 bits per heavy atom. The van der Waals surface area contributed by atoms with E-state index in [1.54, 1.807) is 0 Å². The van der Waals surface area contributed by atoms with Gasteiger partial charge in [0.2, 0.25) is 5.91 Å². The second-order valence-corrected chi connectivity index (χ2v) is 7.88. The van der Waals surface area contributed by atoms with Crippen LogP contribution in [0.3, 0.4) is 0 Å². The fourth-order valence-corrected chi connectivity index (χ4v) is 3.80. The summed E-state index contributed by atoms with van der Waals surface area (Å²) >= 11 is 5.81. The van der Waals surface area contributed by atoms with Gasteiger partial charge in [-0.1, -0.05) is 16.8 Å². The van der Waals surface area contributed by atoms with Crippen LogP contribution in [-0.4, -0.2) is 41.6 Å². The molecule has 0 aliphatic carbocycles. The molecule has 172 valence electrons. The van der Waals surface area contributed by atoms with Gasteiger partial charge in [0.1, 0.15) is 23.5 Å². The molecule has 3 rings (SSSR count). The van der Waals surface area contributed by atoms with Crippen LogP contribution in [0.4, 0.5) is 29.1 Å². The SMILES string of the molecule is Cc1cc(C(F)(F)F)cc(N2C[C@@H](/C(N)=N/O)C[C@H]2C(=O)N(C)c2ccc(F)c(Cl)c2)n1. The topological polar surface area (TPSA) is 95.0 Å². The number of halogens is 5. The number of likely N-dealkylation sites (N-methyl/N-ethyl adjacent to an activating group) is 1. The van der Waals surface area contributed by atoms with Gasteiger partial charge < -0.3 is 20.7 Å². The zero-order chi connectivity index (χ0) is 23.8. The highest BCUT2D eigenvalue weighted by Gasteiger charge is 2.42. The van der Waals surface area contributed by atoms with Crippen molar-refractivity contribution in [3.8, 4) is 0 Å². The Bertz CT molecular complexity index is 1060. The third kappa shape index (κ3) is 4.72. The molecule has 0 saturated carbocycles. The molecule has 32 heavy (non-hydrogen) atoms. The molecule has 1 aromatic carbocycles. The fourth-order valence-electron chi connectivity index (χ4n) is 3.63. The van der Waals surface area contributed by atoms with Gasteiger partial charge in [0.25, 0.3) is 0 Å². The Labute approximate surface area is 186 Å². The van der Waals surface area contributed by atoms with Crippen molar-refractivity contribution in [1.82, 2.24) is 4.98 Å². The molecule has 2 atom stereocenters. The Morgan fingerprint density at radius 2 is 2.03 bits per heavy atom. The number of pyridine rings is 1. The van der Waals surface area contributed by atoms with Gasteiger partial charge in [-0.25, -0.2) is 9.37 Å². The quantitative estimate of drug-likeness (QED) is 0.231. The van der Waals surface area contributed by atoms with E-state index in [4.69, 9.17) is 22.5 Å². The summed E-state index contributed by atoms with van der Waals surface area (Å²) in [6.45, 7) is 1.43. The Morgan fingerprint density at radius 1 is 1.34 bits per heavy atom. The first kappa shape index (κ1) is 23.6. The van der Waals surface area contributed by atoms with E-state index < -0.39 is 35.4 Å². The van der Waals surface area contributed by atoms with E-state index in [1.807, 2.05) is 0 Å². The highest BCUT2D eigenvalue weighted by molar-refractivity contribution is 6.31. The van der Waals surface area contributed by atoms with Crippen molar-refractivity contribution < 1.29 is 27.6 Å². The number of hydrogen-bond acceptors (Lipinski definition) is 5. The molecular formula is C20H20ClF4N5O2. The van der Waals surface area contributed by atoms with Crippen molar-refractivity contribution in [1.29, 1.82) is 0 Å². The monoisotopic (exact) mass is 473 g/mol. The molecule has 1 amide bonds. The van der Waals surface area contributed by atoms with E-state index in [0.29, 0.717) is 5.69 Å². The average molecular weight is 474 g/mol. The van der Waals surface area contributed by atoms with E-state index in [1.165, 1.54) is 35.9 Å². The van der Waals surface area contributed by atoms with E-state index in [-0.39, 0.29) is 35.3 Å². The van der Waals surface area contributed by atoms with E-state index in [2.05, 4.69) is 10.1 Å². The van der Waals surface area contributed by atoms with Crippen LogP contribution in [0, 0.1) is 18.7 Å². The number of hydrogen-bond donors (Lipinski definition) is 2. The molecule has 0 spiro atoms. The van der Waals surface area contributed by atoms with Crippen molar-refractivity contribution in [2.24, 2.45) is 16.8 Å². The molecule has 1 fully saturated rings. The zero-order valence-electron chi connectivity index (χ0n) is 17.1. The number of carbonyl (C=O) groups is 1. The largest absolute Gasteiger partial charge is 0.416 e. The number of carbonyl (C=O) groups excluding carboxylic acids is 1. The van der Waals surface area contributed by atoms with Crippen LogP contribution < -0.4 is 15.5 Å². The molecule has 7 nitrogen and oxygen atoms in total. The maximum absolute atomic E-state index is 13.5. The zero-order valence-corrected chi connectivity index (χ0v) is 17.8. The maximum Gasteiger partial charge on any atom is 0.416 e. The fraction of sp³-hybridized carbons (Fsp3) is 0.350. The number of rotatable bonds is 4. The van der Waals surface area contributed by atoms with Crippen LogP contribution in [-0.2, 0) is 11.0 Å². The third-order valence-corrected chi connectivity index (χ3v) is 5.59. The van der Waals surface area contributed by atoms with Crippen LogP contribution in [0.15, 0.2) is 35.5 Å². The lowest BCUT2D eigenvalue weighted by Gasteiger charge is -2.29. The second-order valence-electron chi connectivity index (χ2n) is 7.47. The molecule has 2 aromatic rings. The van der Waals surface area contributed by atoms with Gasteiger partial charge in [-0.2, -0.15) is 13.2 Å². The van der Waals surface area contributed by atoms with Gasteiger partial charge in [0.15, 0.2) is 0 Å². The lowest BCUT2D eigenvalue weighted by molar-refractivity contribution is -0.137. The number of benzene rings is 1. The summed E-state index contributed by atoms with van der Waals surface area (Å²) in [5.74, 6) is -1.97. The smallest absolute Gasteiger partial charge is 0.409 e. The number of anilines is 2. The first-order chi connectivity index (χ1) is 14.9. The average Bonchev–Trinajstić information content (AvgIpc) is 3.18. The van der Waals surface area contributed by atoms with Crippen LogP contribution in [0.5, 0.6) is 0 Å². The van der Waals surface area contributed by atoms with Crippen molar-refractivity contribution in [3.05, 3.63) is 52.4 Å². The number of nitrogens with zero attached hydrogens (tertiary/aromatic N) is 4. The normalized spacial score (nSPS) is 19.3. The van der Waals surface area contributed by atoms with E-state index >= 15 is 0 Å². The molecule has 1 saturated heterocycles. The summed E-state index contributed by atoms with van der Waals surface area (Å²) in [4.78, 5) is 20.1. The lowest BCUT2D eigenvalue weighted by Crippen LogP contribution is -2.44. The van der Waals surface area contributed by atoms with Crippen LogP contribution in [0.1, 0.15) is 17.7 Å². The van der Waals surface area contributed by atoms with Crippen molar-refractivity contribution in [2.45, 2.75) is 25.6 Å². The second kappa shape index (κ2) is 8.81. The van der Waals surface area contributed by atoms with Crippen LogP contribution >= 0.6 is 11.6 Å². The van der Waals surface area contributed by atoms with Gasteiger partial charge in [0.05, 0.1) is 10.6 Å². The van der Waals surface area contributed by atoms with Crippen molar-refractivity contribution >= 4 is 34.8 Å². The van der Waals surface area contributed by atoms with Gasteiger partial charge in [-0.05, 0) is 43.7 Å². The molecule has 3 N–H and O–H groups in total. The highest BCUT2D eigenvalue weighted by atomic mass is 35.5. The summed E-state index contributed by atoms with van der Waals surface area (Å²) in [7, 11) is 1.44. The molecule has 0 radical (unpaired) electrons. The predicted molar refractivity (Wildman–Crippen MR) is 111 cm³/mol. The minimum absolute atomic E-state index is 0.0120. The predicted octanol–water partition coefficient (Wildman–Crippen LogP) is 3.81. The first-order valence-corrected chi connectivity index (χ1v) is 9.82. The van der Waals surface area contributed by atoms with Gasteiger partial charge in [-0.3, -0.25) is 4.79 Å². The van der Waals surface area contributed by atoms with Crippen LogP contribution in [0.25, 0.3) is 0 Å². The molecule has 2 heterocycles. The van der Waals surface area contributed by atoms with Crippen molar-refractivity contribution in [3.63, 3.8) is 0 Å². The summed E-state index contributed by atoms with van der Waals surface area (Å²) in [5, 5.41) is 11.8. The number of amidine groups is 1. The van der Waals surface area contributed by atoms with Crippen LogP contribution in [0.2, 0.25) is 5.02 Å². The number of alkyl halides is 3. The number of nitrogens with two attached hydrogens (primary N) is 1. The van der Waals surface area contributed by atoms with Gasteiger partial charge >= 0.3 is 6.18 Å². The summed E-state index contributed by atoms with van der Waals surface area (Å²) in [5.41, 5.74) is 5.23. The number of oxime groups is 1. The van der Waals surface area contributed by atoms with Crippen molar-refractivity contribution in [2.75, 3.05) is 23.4 Å². The Hall–Kier alpha value is -3.08. The first-order valence-electron chi connectivity index (χ1n) is 9.45. The molecule has 1 aromatic heterocycles. The minimum atomic E-state index is -4.60. The van der Waals surface area contributed by atoms with E-state index in [0.717, 1.165) is 18.2 Å². The van der Waals surface area contributed by atoms with Gasteiger partial charge in [-0.15, -0.1) is 0 Å². The molecule has 1 aliphatic rings. The summed E-state index contributed by atoms with van der Waals surface area (Å²) in [6.07, 6.45) is -4.53. The Kier molecular flexibility index (Phi) is 6.49. The summed E-state index contributed by atoms with van der Waals surface area (Å²) in [6, 6.07) is 4.52. The maximum atomic E-state index is 13.5. The van der Waals surface area contributed by atoms with Gasteiger partial charge in [0, 0.05) is 30.9 Å². The summed E-state index contributed by atoms with van der Waals surface area (Å²) < 4.78 is 53.5. The molecule has 12 heteroatoms. The number of amides is 1. The number of aryl methyl sites for hydroxylation is 1. The Balaban J connectivity index is 2.01. The minimum Gasteiger partial charge on any atom is -0.409 e. The third-order valence-electron chi connectivity index (χ3n) is 5.30.